The van der Waals surface area contributed by atoms with E-state index in [-0.39, 0.29) is 0 Å². The molecule has 10 rings (SSSR count). The van der Waals surface area contributed by atoms with Crippen molar-refractivity contribution >= 4 is 71.9 Å². The van der Waals surface area contributed by atoms with E-state index < -0.39 is 0 Å². The van der Waals surface area contributed by atoms with Crippen LogP contribution in [0.2, 0.25) is 0 Å². The van der Waals surface area contributed by atoms with Gasteiger partial charge in [0.2, 0.25) is 0 Å². The van der Waals surface area contributed by atoms with Crippen molar-refractivity contribution in [2.75, 3.05) is 4.90 Å². The van der Waals surface area contributed by atoms with E-state index in [9.17, 15) is 0 Å². The van der Waals surface area contributed by atoms with Crippen LogP contribution in [0.15, 0.2) is 177 Å². The monoisotopic (exact) mass is 617 g/mol. The van der Waals surface area contributed by atoms with Crippen LogP contribution in [-0.2, 0) is 0 Å². The summed E-state index contributed by atoms with van der Waals surface area (Å²) in [5.41, 5.74) is 10.7. The number of nitrogens with zero attached hydrogens (tertiary/aromatic N) is 1. The van der Waals surface area contributed by atoms with E-state index >= 15 is 0 Å². The third kappa shape index (κ3) is 4.24. The molecule has 0 N–H and O–H groups in total. The van der Waals surface area contributed by atoms with Crippen LogP contribution >= 0.6 is 0 Å². The predicted octanol–water partition coefficient (Wildman–Crippen LogP) is 13.0. The Morgan fingerprint density at radius 1 is 0.312 bits per heavy atom. The third-order valence-electron chi connectivity index (χ3n) is 9.28. The van der Waals surface area contributed by atoms with Gasteiger partial charge in [-0.15, -0.1) is 0 Å². The van der Waals surface area contributed by atoms with Gasteiger partial charge < -0.3 is 18.2 Å². The fourth-order valence-corrected chi connectivity index (χ4v) is 6.99. The molecule has 10 aromatic rings. The van der Waals surface area contributed by atoms with Crippen LogP contribution < -0.4 is 4.90 Å². The number of anilines is 3. The molecule has 0 fully saturated rings. The van der Waals surface area contributed by atoms with E-state index in [0.717, 1.165) is 83.2 Å². The highest BCUT2D eigenvalue weighted by molar-refractivity contribution is 6.19. The van der Waals surface area contributed by atoms with Gasteiger partial charge in [0.05, 0.1) is 0 Å². The van der Waals surface area contributed by atoms with Crippen LogP contribution in [0.1, 0.15) is 0 Å². The van der Waals surface area contributed by atoms with Crippen LogP contribution in [-0.4, -0.2) is 0 Å². The Bertz CT molecular complexity index is 2770. The summed E-state index contributed by atoms with van der Waals surface area (Å²) < 4.78 is 19.1. The maximum Gasteiger partial charge on any atom is 0.137 e. The maximum absolute atomic E-state index is 6.40. The van der Waals surface area contributed by atoms with Gasteiger partial charge >= 0.3 is 0 Å². The van der Waals surface area contributed by atoms with Gasteiger partial charge in [0.1, 0.15) is 33.7 Å². The zero-order valence-electron chi connectivity index (χ0n) is 25.8. The van der Waals surface area contributed by atoms with Crippen molar-refractivity contribution in [1.29, 1.82) is 0 Å². The van der Waals surface area contributed by atoms with E-state index in [1.165, 1.54) is 11.1 Å². The molecule has 4 nitrogen and oxygen atoms in total. The van der Waals surface area contributed by atoms with E-state index in [1.54, 1.807) is 0 Å². The number of hydrogen-bond acceptors (Lipinski definition) is 4. The van der Waals surface area contributed by atoms with Crippen molar-refractivity contribution in [2.24, 2.45) is 0 Å². The van der Waals surface area contributed by atoms with Crippen LogP contribution in [0.4, 0.5) is 17.1 Å². The Morgan fingerprint density at radius 2 is 0.854 bits per heavy atom. The van der Waals surface area contributed by atoms with Crippen molar-refractivity contribution in [1.82, 2.24) is 0 Å². The first kappa shape index (κ1) is 26.7. The molecule has 0 unspecified atom stereocenters. The minimum Gasteiger partial charge on any atom is -0.456 e. The molecule has 0 saturated carbocycles. The summed E-state index contributed by atoms with van der Waals surface area (Å²) in [4.78, 5) is 2.28. The summed E-state index contributed by atoms with van der Waals surface area (Å²) in [6.07, 6.45) is 0. The Morgan fingerprint density at radius 3 is 1.69 bits per heavy atom. The molecule has 0 atom stereocenters. The van der Waals surface area contributed by atoms with Gasteiger partial charge in [-0.1, -0.05) is 91.0 Å². The fourth-order valence-electron chi connectivity index (χ4n) is 6.99. The molecular formula is C44H27NO3. The Labute approximate surface area is 275 Å². The molecule has 0 amide bonds. The first-order chi connectivity index (χ1) is 23.8. The van der Waals surface area contributed by atoms with Crippen LogP contribution in [0, 0.1) is 0 Å². The highest BCUT2D eigenvalue weighted by Crippen LogP contribution is 2.43. The second kappa shape index (κ2) is 10.5. The lowest BCUT2D eigenvalue weighted by Gasteiger charge is -2.25. The van der Waals surface area contributed by atoms with E-state index in [4.69, 9.17) is 13.3 Å². The van der Waals surface area contributed by atoms with Gasteiger partial charge in [0, 0.05) is 55.6 Å². The molecule has 48 heavy (non-hydrogen) atoms. The summed E-state index contributed by atoms with van der Waals surface area (Å²) in [6, 6.07) is 56.6. The molecule has 0 aliphatic heterocycles. The average molecular weight is 618 g/mol. The highest BCUT2D eigenvalue weighted by Gasteiger charge is 2.20. The Kier molecular flexibility index (Phi) is 5.84. The van der Waals surface area contributed by atoms with Gasteiger partial charge in [0.15, 0.2) is 0 Å². The van der Waals surface area contributed by atoms with Crippen LogP contribution in [0.5, 0.6) is 0 Å². The van der Waals surface area contributed by atoms with Crippen molar-refractivity contribution in [2.45, 2.75) is 0 Å². The lowest BCUT2D eigenvalue weighted by molar-refractivity contribution is 0.631. The largest absolute Gasteiger partial charge is 0.456 e. The second-order valence-corrected chi connectivity index (χ2v) is 12.1. The molecule has 0 aliphatic rings. The zero-order chi connectivity index (χ0) is 31.6. The Balaban J connectivity index is 1.17. The average Bonchev–Trinajstić information content (AvgIpc) is 3.85. The molecule has 0 bridgehead atoms. The van der Waals surface area contributed by atoms with Crippen molar-refractivity contribution in [3.63, 3.8) is 0 Å². The third-order valence-corrected chi connectivity index (χ3v) is 9.28. The SMILES string of the molecule is c1ccc(-c2ccc(N(c3ccc4c(c3)oc3ccccc34)c3ccc4oc5ccc6oc(-c7ccccc7)cc6c5c4c3)cc2)cc1. The number of furan rings is 3. The number of para-hydroxylation sites is 1. The predicted molar refractivity (Wildman–Crippen MR) is 196 cm³/mol. The quantitative estimate of drug-likeness (QED) is 0.193. The van der Waals surface area contributed by atoms with Crippen LogP contribution in [0.3, 0.4) is 0 Å². The van der Waals surface area contributed by atoms with Crippen LogP contribution in [0.25, 0.3) is 77.3 Å². The lowest BCUT2D eigenvalue weighted by Crippen LogP contribution is -2.09. The van der Waals surface area contributed by atoms with E-state index in [0.29, 0.717) is 0 Å². The van der Waals surface area contributed by atoms with Gasteiger partial charge in [-0.3, -0.25) is 0 Å². The Hall–Kier alpha value is -6.52. The number of hydrogen-bond donors (Lipinski definition) is 0. The van der Waals surface area contributed by atoms with E-state index in [1.807, 2.05) is 48.5 Å². The molecule has 0 aliphatic carbocycles. The first-order valence-corrected chi connectivity index (χ1v) is 16.1. The number of rotatable bonds is 5. The summed E-state index contributed by atoms with van der Waals surface area (Å²) in [6.45, 7) is 0. The topological polar surface area (TPSA) is 42.7 Å². The summed E-state index contributed by atoms with van der Waals surface area (Å²) in [5.74, 6) is 0.836. The van der Waals surface area contributed by atoms with Gasteiger partial charge in [0.25, 0.3) is 0 Å². The second-order valence-electron chi connectivity index (χ2n) is 12.1. The molecule has 4 heteroatoms. The zero-order valence-corrected chi connectivity index (χ0v) is 25.8. The maximum atomic E-state index is 6.40. The molecule has 0 radical (unpaired) electrons. The molecule has 0 spiro atoms. The standard InChI is InChI=1S/C44H27NO3/c1-3-9-28(10-4-1)29-15-17-31(18-16-29)45(33-19-21-35-34-13-7-8-14-38(34)48-43(35)26-33)32-20-22-39-36(25-32)44-37-27-42(30-11-5-2-6-12-30)47-40(37)23-24-41(44)46-39/h1-27H. The van der Waals surface area contributed by atoms with Crippen molar-refractivity contribution in [3.05, 3.63) is 164 Å². The summed E-state index contributed by atoms with van der Waals surface area (Å²) >= 11 is 0. The normalized spacial score (nSPS) is 11.8. The van der Waals surface area contributed by atoms with Crippen molar-refractivity contribution in [3.8, 4) is 22.5 Å². The molecule has 0 saturated heterocycles. The summed E-state index contributed by atoms with van der Waals surface area (Å²) in [7, 11) is 0. The fraction of sp³-hybridized carbons (Fsp3) is 0. The van der Waals surface area contributed by atoms with Gasteiger partial charge in [-0.25, -0.2) is 0 Å². The lowest BCUT2D eigenvalue weighted by atomic mass is 10.0. The summed E-state index contributed by atoms with van der Waals surface area (Å²) in [5, 5.41) is 5.32. The molecule has 3 heterocycles. The number of benzene rings is 7. The molecule has 226 valence electrons. The first-order valence-electron chi connectivity index (χ1n) is 16.1. The highest BCUT2D eigenvalue weighted by atomic mass is 16.3. The smallest absolute Gasteiger partial charge is 0.137 e. The van der Waals surface area contributed by atoms with Crippen molar-refractivity contribution < 1.29 is 13.3 Å². The van der Waals surface area contributed by atoms with Gasteiger partial charge in [-0.05, 0) is 77.9 Å². The minimum atomic E-state index is 0.829. The molecule has 3 aromatic heterocycles. The molecule has 7 aromatic carbocycles. The number of fused-ring (bicyclic) bond motifs is 8. The van der Waals surface area contributed by atoms with E-state index in [2.05, 4.69) is 120 Å². The van der Waals surface area contributed by atoms with Gasteiger partial charge in [-0.2, -0.15) is 0 Å². The molecular weight excluding hydrogens is 590 g/mol. The minimum absolute atomic E-state index is 0.829.